The molecule has 5 rings (SSSR count). The molecule has 10 heteroatoms. The lowest BCUT2D eigenvalue weighted by molar-refractivity contribution is 0.00260. The highest BCUT2D eigenvalue weighted by atomic mass is 19.1. The number of aromatic amines is 1. The predicted molar refractivity (Wildman–Crippen MR) is 109 cm³/mol. The third-order valence-corrected chi connectivity index (χ3v) is 6.49. The maximum absolute atomic E-state index is 14.6. The number of nitrogens with zero attached hydrogens (tertiary/aromatic N) is 4. The lowest BCUT2D eigenvalue weighted by atomic mass is 9.77. The summed E-state index contributed by atoms with van der Waals surface area (Å²) in [6.45, 7) is 1.97. The first kappa shape index (κ1) is 19.7. The standard InChI is InChI=1S/C21H22F2N6O2/c1-11-21(31-20(30)29(11)2)5-3-4-13(7-21)27-19-16(23)10-26-18(28-19)15-9-25-17-14(15)6-12(22)8-24-17/h6,8-11,13H,3-5,7H2,1-2H3,(H,24,25)(H,26,27,28)/t11-,13-,21-/m0/s1. The van der Waals surface area contributed by atoms with Crippen LogP contribution in [-0.4, -0.2) is 55.7 Å². The van der Waals surface area contributed by atoms with E-state index < -0.39 is 17.2 Å². The maximum Gasteiger partial charge on any atom is 0.410 e. The van der Waals surface area contributed by atoms with Crippen molar-refractivity contribution < 1.29 is 18.3 Å². The molecule has 0 bridgehead atoms. The van der Waals surface area contributed by atoms with E-state index in [-0.39, 0.29) is 29.8 Å². The van der Waals surface area contributed by atoms with Crippen LogP contribution in [0, 0.1) is 11.6 Å². The van der Waals surface area contributed by atoms with Crippen LogP contribution in [0.1, 0.15) is 32.6 Å². The molecule has 2 fully saturated rings. The largest absolute Gasteiger partial charge is 0.441 e. The van der Waals surface area contributed by atoms with Crippen LogP contribution < -0.4 is 5.32 Å². The zero-order chi connectivity index (χ0) is 21.8. The van der Waals surface area contributed by atoms with Crippen molar-refractivity contribution >= 4 is 22.9 Å². The number of carbonyl (C=O) groups is 1. The van der Waals surface area contributed by atoms with Crippen molar-refractivity contribution in [2.75, 3.05) is 12.4 Å². The summed E-state index contributed by atoms with van der Waals surface area (Å²) in [7, 11) is 1.73. The van der Waals surface area contributed by atoms with Gasteiger partial charge in [0.05, 0.1) is 18.4 Å². The first-order valence-corrected chi connectivity index (χ1v) is 10.2. The number of nitrogens with one attached hydrogen (secondary N) is 2. The van der Waals surface area contributed by atoms with Crippen molar-refractivity contribution in [3.63, 3.8) is 0 Å². The number of fused-ring (bicyclic) bond motifs is 1. The second-order valence-corrected chi connectivity index (χ2v) is 8.30. The number of aromatic nitrogens is 4. The van der Waals surface area contributed by atoms with Crippen LogP contribution in [0.3, 0.4) is 0 Å². The van der Waals surface area contributed by atoms with Crippen LogP contribution in [0.2, 0.25) is 0 Å². The first-order chi connectivity index (χ1) is 14.9. The first-order valence-electron chi connectivity index (χ1n) is 10.2. The van der Waals surface area contributed by atoms with E-state index in [1.807, 2.05) is 6.92 Å². The van der Waals surface area contributed by atoms with Gasteiger partial charge in [-0.25, -0.2) is 28.5 Å². The van der Waals surface area contributed by atoms with Gasteiger partial charge in [-0.15, -0.1) is 0 Å². The molecule has 8 nitrogen and oxygen atoms in total. The zero-order valence-electron chi connectivity index (χ0n) is 17.2. The van der Waals surface area contributed by atoms with Crippen LogP contribution >= 0.6 is 0 Å². The number of carbonyl (C=O) groups excluding carboxylic acids is 1. The number of amides is 1. The minimum atomic E-state index is -0.589. The molecule has 1 saturated carbocycles. The van der Waals surface area contributed by atoms with Crippen molar-refractivity contribution in [1.82, 2.24) is 24.8 Å². The number of hydrogen-bond donors (Lipinski definition) is 2. The van der Waals surface area contributed by atoms with Gasteiger partial charge in [0.1, 0.15) is 17.1 Å². The SMILES string of the molecule is C[C@@H]1N(C)C(=O)O[C@]12CCC[C@H](Nc1nc(-c3c[nH]c4ncc(F)cc34)ncc1F)C2. The van der Waals surface area contributed by atoms with Crippen molar-refractivity contribution in [2.45, 2.75) is 50.3 Å². The molecule has 2 N–H and O–H groups in total. The highest BCUT2D eigenvalue weighted by molar-refractivity contribution is 5.91. The van der Waals surface area contributed by atoms with Gasteiger partial charge in [0.25, 0.3) is 0 Å². The Kier molecular flexibility index (Phi) is 4.53. The summed E-state index contributed by atoms with van der Waals surface area (Å²) >= 11 is 0. The number of hydrogen-bond acceptors (Lipinski definition) is 6. The van der Waals surface area contributed by atoms with E-state index in [1.54, 1.807) is 18.1 Å². The average Bonchev–Trinajstić information content (AvgIpc) is 3.25. The number of pyridine rings is 1. The van der Waals surface area contributed by atoms with E-state index in [2.05, 4.69) is 25.3 Å². The van der Waals surface area contributed by atoms with Gasteiger partial charge < -0.3 is 19.9 Å². The van der Waals surface area contributed by atoms with Gasteiger partial charge in [-0.05, 0) is 32.3 Å². The summed E-state index contributed by atoms with van der Waals surface area (Å²) < 4.78 is 33.9. The third kappa shape index (κ3) is 3.26. The summed E-state index contributed by atoms with van der Waals surface area (Å²) in [6, 6.07) is 1.16. The van der Waals surface area contributed by atoms with Gasteiger partial charge in [-0.3, -0.25) is 0 Å². The molecule has 1 amide bonds. The van der Waals surface area contributed by atoms with Crippen molar-refractivity contribution in [3.8, 4) is 11.4 Å². The average molecular weight is 428 g/mol. The Morgan fingerprint density at radius 3 is 2.94 bits per heavy atom. The second-order valence-electron chi connectivity index (χ2n) is 8.30. The van der Waals surface area contributed by atoms with Gasteiger partial charge in [0.2, 0.25) is 0 Å². The van der Waals surface area contributed by atoms with Gasteiger partial charge in [0, 0.05) is 36.7 Å². The van der Waals surface area contributed by atoms with Gasteiger partial charge >= 0.3 is 6.09 Å². The monoisotopic (exact) mass is 428 g/mol. The van der Waals surface area contributed by atoms with Crippen LogP contribution in [0.5, 0.6) is 0 Å². The smallest absolute Gasteiger partial charge is 0.410 e. The fourth-order valence-electron chi connectivity index (χ4n) is 4.66. The minimum Gasteiger partial charge on any atom is -0.441 e. The molecular formula is C21H22F2N6O2. The van der Waals surface area contributed by atoms with Crippen molar-refractivity contribution in [3.05, 3.63) is 36.3 Å². The van der Waals surface area contributed by atoms with E-state index in [1.165, 1.54) is 6.07 Å². The molecular weight excluding hydrogens is 406 g/mol. The molecule has 1 saturated heterocycles. The number of likely N-dealkylation sites (N-methyl/N-ethyl adjacent to an activating group) is 1. The lowest BCUT2D eigenvalue weighted by Crippen LogP contribution is -2.48. The van der Waals surface area contributed by atoms with Gasteiger partial charge in [-0.2, -0.15) is 0 Å². The number of ether oxygens (including phenoxy) is 1. The Labute approximate surface area is 177 Å². The van der Waals surface area contributed by atoms with E-state index in [0.29, 0.717) is 23.0 Å². The molecule has 31 heavy (non-hydrogen) atoms. The molecule has 0 unspecified atom stereocenters. The summed E-state index contributed by atoms with van der Waals surface area (Å²) in [5, 5.41) is 3.69. The highest BCUT2D eigenvalue weighted by Gasteiger charge is 2.52. The number of halogens is 2. The van der Waals surface area contributed by atoms with E-state index in [0.717, 1.165) is 31.7 Å². The molecule has 2 aliphatic rings. The molecule has 0 aromatic carbocycles. The van der Waals surface area contributed by atoms with Crippen LogP contribution in [0.15, 0.2) is 24.7 Å². The molecule has 1 aliphatic carbocycles. The van der Waals surface area contributed by atoms with Gasteiger partial charge in [0.15, 0.2) is 17.5 Å². The molecule has 162 valence electrons. The normalized spacial score (nSPS) is 25.9. The van der Waals surface area contributed by atoms with E-state index >= 15 is 0 Å². The molecule has 0 radical (unpaired) electrons. The van der Waals surface area contributed by atoms with Gasteiger partial charge in [-0.1, -0.05) is 0 Å². The molecule has 4 heterocycles. The maximum atomic E-state index is 14.6. The fourth-order valence-corrected chi connectivity index (χ4v) is 4.66. The van der Waals surface area contributed by atoms with E-state index in [9.17, 15) is 13.6 Å². The summed E-state index contributed by atoms with van der Waals surface area (Å²) in [4.78, 5) is 29.1. The second kappa shape index (κ2) is 7.14. The predicted octanol–water partition coefficient (Wildman–Crippen LogP) is 3.86. The Bertz CT molecular complexity index is 1170. The Balaban J connectivity index is 1.42. The third-order valence-electron chi connectivity index (χ3n) is 6.49. The van der Waals surface area contributed by atoms with Crippen molar-refractivity contribution in [2.24, 2.45) is 0 Å². The Hall–Kier alpha value is -3.30. The molecule has 3 atom stereocenters. The van der Waals surface area contributed by atoms with Crippen molar-refractivity contribution in [1.29, 1.82) is 0 Å². The fraction of sp³-hybridized carbons (Fsp3) is 0.429. The summed E-state index contributed by atoms with van der Waals surface area (Å²) in [5.74, 6) is -0.739. The Morgan fingerprint density at radius 1 is 1.32 bits per heavy atom. The molecule has 3 aromatic heterocycles. The summed E-state index contributed by atoms with van der Waals surface area (Å²) in [5.41, 5.74) is 0.438. The molecule has 1 aliphatic heterocycles. The summed E-state index contributed by atoms with van der Waals surface area (Å²) in [6.07, 6.45) is 6.49. The Morgan fingerprint density at radius 2 is 2.16 bits per heavy atom. The number of H-pyrrole nitrogens is 1. The quantitative estimate of drug-likeness (QED) is 0.658. The number of rotatable bonds is 3. The molecule has 3 aromatic rings. The highest BCUT2D eigenvalue weighted by Crippen LogP contribution is 2.42. The zero-order valence-corrected chi connectivity index (χ0v) is 17.2. The topological polar surface area (TPSA) is 96.0 Å². The lowest BCUT2D eigenvalue weighted by Gasteiger charge is -2.39. The van der Waals surface area contributed by atoms with E-state index in [4.69, 9.17) is 4.74 Å². The van der Waals surface area contributed by atoms with Crippen LogP contribution in [-0.2, 0) is 4.74 Å². The van der Waals surface area contributed by atoms with Crippen LogP contribution in [0.25, 0.3) is 22.4 Å². The number of anilines is 1. The minimum absolute atomic E-state index is 0.0657. The molecule has 1 spiro atoms. The van der Waals surface area contributed by atoms with Crippen LogP contribution in [0.4, 0.5) is 19.4 Å².